The summed E-state index contributed by atoms with van der Waals surface area (Å²) in [6.45, 7) is 0.483. The lowest BCUT2D eigenvalue weighted by molar-refractivity contribution is -0.101. The summed E-state index contributed by atoms with van der Waals surface area (Å²) in [5.41, 5.74) is 1.89. The van der Waals surface area contributed by atoms with Crippen LogP contribution < -0.4 is 5.32 Å². The topological polar surface area (TPSA) is 50.7 Å². The van der Waals surface area contributed by atoms with Crippen molar-refractivity contribution in [3.05, 3.63) is 71.8 Å². The van der Waals surface area contributed by atoms with Gasteiger partial charge < -0.3 is 19.9 Å². The molecule has 0 aliphatic rings. The largest absolute Gasteiger partial charge is 0.386 e. The monoisotopic (exact) mass is 301 g/mol. The number of methoxy groups -OCH3 is 2. The summed E-state index contributed by atoms with van der Waals surface area (Å²) < 4.78 is 10.4. The van der Waals surface area contributed by atoms with Gasteiger partial charge in [-0.2, -0.15) is 0 Å². The van der Waals surface area contributed by atoms with Gasteiger partial charge in [-0.1, -0.05) is 60.7 Å². The van der Waals surface area contributed by atoms with E-state index in [1.54, 1.807) is 14.2 Å². The predicted octanol–water partition coefficient (Wildman–Crippen LogP) is 2.67. The van der Waals surface area contributed by atoms with Crippen LogP contribution >= 0.6 is 0 Å². The summed E-state index contributed by atoms with van der Waals surface area (Å²) in [5.74, 6) is 0. The van der Waals surface area contributed by atoms with E-state index in [4.69, 9.17) is 9.47 Å². The molecule has 0 saturated carbocycles. The lowest BCUT2D eigenvalue weighted by Gasteiger charge is -2.26. The molecule has 4 nitrogen and oxygen atoms in total. The summed E-state index contributed by atoms with van der Waals surface area (Å²) >= 11 is 0. The van der Waals surface area contributed by atoms with E-state index in [1.165, 1.54) is 0 Å². The smallest absolute Gasteiger partial charge is 0.169 e. The fourth-order valence-corrected chi connectivity index (χ4v) is 2.40. The zero-order chi connectivity index (χ0) is 15.8. The summed E-state index contributed by atoms with van der Waals surface area (Å²) in [6.07, 6.45) is -1.01. The van der Waals surface area contributed by atoms with Crippen molar-refractivity contribution in [2.24, 2.45) is 0 Å². The first-order chi connectivity index (χ1) is 10.8. The van der Waals surface area contributed by atoms with Crippen LogP contribution in [0.2, 0.25) is 0 Å². The fourth-order valence-electron chi connectivity index (χ4n) is 2.40. The van der Waals surface area contributed by atoms with Crippen molar-refractivity contribution in [1.82, 2.24) is 5.32 Å². The summed E-state index contributed by atoms with van der Waals surface area (Å²) in [7, 11) is 3.20. The third kappa shape index (κ3) is 4.39. The van der Waals surface area contributed by atoms with E-state index in [9.17, 15) is 5.11 Å². The molecule has 0 spiro atoms. The minimum Gasteiger partial charge on any atom is -0.386 e. The van der Waals surface area contributed by atoms with Crippen molar-refractivity contribution >= 4 is 0 Å². The maximum atomic E-state index is 10.7. The van der Waals surface area contributed by atoms with Crippen LogP contribution in [0.15, 0.2) is 60.7 Å². The number of benzene rings is 2. The molecule has 0 aromatic heterocycles. The molecule has 2 N–H and O–H groups in total. The molecular formula is C18H23NO3. The van der Waals surface area contributed by atoms with E-state index in [-0.39, 0.29) is 12.3 Å². The third-order valence-electron chi connectivity index (χ3n) is 3.65. The van der Waals surface area contributed by atoms with Crippen molar-refractivity contribution in [1.29, 1.82) is 0 Å². The first-order valence-electron chi connectivity index (χ1n) is 7.33. The highest BCUT2D eigenvalue weighted by Crippen LogP contribution is 2.28. The molecule has 22 heavy (non-hydrogen) atoms. The van der Waals surface area contributed by atoms with Crippen LogP contribution in [0.4, 0.5) is 0 Å². The number of nitrogens with one attached hydrogen (secondary N) is 1. The van der Waals surface area contributed by atoms with E-state index in [1.807, 2.05) is 60.7 Å². The number of ether oxygens (including phenoxy) is 2. The summed E-state index contributed by atoms with van der Waals surface area (Å²) in [4.78, 5) is 0. The van der Waals surface area contributed by atoms with Gasteiger partial charge in [0.05, 0.1) is 12.1 Å². The van der Waals surface area contributed by atoms with E-state index in [2.05, 4.69) is 5.32 Å². The van der Waals surface area contributed by atoms with Gasteiger partial charge in [-0.25, -0.2) is 0 Å². The first kappa shape index (κ1) is 16.6. The second-order valence-electron chi connectivity index (χ2n) is 5.05. The highest BCUT2D eigenvalue weighted by Gasteiger charge is 2.23. The minimum atomic E-state index is -0.655. The van der Waals surface area contributed by atoms with Crippen LogP contribution in [-0.4, -0.2) is 32.2 Å². The Balaban J connectivity index is 2.18. The Kier molecular flexibility index (Phi) is 6.55. The maximum Gasteiger partial charge on any atom is 0.169 e. The highest BCUT2D eigenvalue weighted by molar-refractivity contribution is 5.26. The molecule has 2 aromatic carbocycles. The van der Waals surface area contributed by atoms with Crippen LogP contribution in [0.1, 0.15) is 23.3 Å². The molecule has 0 unspecified atom stereocenters. The Morgan fingerprint density at radius 1 is 0.864 bits per heavy atom. The lowest BCUT2D eigenvalue weighted by atomic mass is 9.96. The molecule has 0 aliphatic heterocycles. The van der Waals surface area contributed by atoms with Gasteiger partial charge in [0.1, 0.15) is 0 Å². The van der Waals surface area contributed by atoms with Gasteiger partial charge in [-0.15, -0.1) is 0 Å². The quantitative estimate of drug-likeness (QED) is 0.736. The Morgan fingerprint density at radius 2 is 1.36 bits per heavy atom. The molecule has 118 valence electrons. The molecule has 0 saturated heterocycles. The van der Waals surface area contributed by atoms with Gasteiger partial charge >= 0.3 is 0 Å². The van der Waals surface area contributed by atoms with Gasteiger partial charge in [-0.3, -0.25) is 0 Å². The number of aliphatic hydroxyl groups is 1. The number of rotatable bonds is 8. The zero-order valence-electron chi connectivity index (χ0n) is 13.0. The van der Waals surface area contributed by atoms with Crippen molar-refractivity contribution in [2.45, 2.75) is 18.4 Å². The maximum absolute atomic E-state index is 10.7. The van der Waals surface area contributed by atoms with Crippen LogP contribution in [0.25, 0.3) is 0 Å². The Bertz CT molecular complexity index is 529. The SMILES string of the molecule is COC(CN[C@@H](c1ccccc1)[C@H](O)c1ccccc1)OC. The number of aliphatic hydroxyl groups excluding tert-OH is 1. The average molecular weight is 301 g/mol. The van der Waals surface area contributed by atoms with Crippen LogP contribution in [0, 0.1) is 0 Å². The van der Waals surface area contributed by atoms with Gasteiger partial charge in [0.25, 0.3) is 0 Å². The van der Waals surface area contributed by atoms with E-state index in [0.29, 0.717) is 6.54 Å². The Morgan fingerprint density at radius 3 is 1.86 bits per heavy atom. The molecule has 4 heteroatoms. The molecule has 0 fully saturated rings. The van der Waals surface area contributed by atoms with E-state index in [0.717, 1.165) is 11.1 Å². The van der Waals surface area contributed by atoms with Crippen LogP contribution in [0.5, 0.6) is 0 Å². The number of hydrogen-bond acceptors (Lipinski definition) is 4. The van der Waals surface area contributed by atoms with Crippen LogP contribution in [-0.2, 0) is 9.47 Å². The van der Waals surface area contributed by atoms with Crippen LogP contribution in [0.3, 0.4) is 0 Å². The van der Waals surface area contributed by atoms with E-state index < -0.39 is 6.10 Å². The molecule has 0 amide bonds. The minimum absolute atomic E-state index is 0.239. The van der Waals surface area contributed by atoms with Gasteiger partial charge in [0.15, 0.2) is 6.29 Å². The zero-order valence-corrected chi connectivity index (χ0v) is 13.0. The van der Waals surface area contributed by atoms with Crippen molar-refractivity contribution in [3.8, 4) is 0 Å². The van der Waals surface area contributed by atoms with Gasteiger partial charge in [0.2, 0.25) is 0 Å². The standard InChI is InChI=1S/C18H23NO3/c1-21-16(22-2)13-19-17(14-9-5-3-6-10-14)18(20)15-11-7-4-8-12-15/h3-12,16-20H,13H2,1-2H3/t17-,18+/m0/s1. The third-order valence-corrected chi connectivity index (χ3v) is 3.65. The summed E-state index contributed by atoms with van der Waals surface area (Å²) in [5, 5.41) is 14.1. The lowest BCUT2D eigenvalue weighted by Crippen LogP contribution is -2.35. The molecule has 2 aromatic rings. The summed E-state index contributed by atoms with van der Waals surface area (Å²) in [6, 6.07) is 19.3. The average Bonchev–Trinajstić information content (AvgIpc) is 2.60. The highest BCUT2D eigenvalue weighted by atomic mass is 16.7. The van der Waals surface area contributed by atoms with Gasteiger partial charge in [0, 0.05) is 20.8 Å². The number of hydrogen-bond donors (Lipinski definition) is 2. The Labute approximate surface area is 131 Å². The van der Waals surface area contributed by atoms with Crippen molar-refractivity contribution in [2.75, 3.05) is 20.8 Å². The molecule has 2 atom stereocenters. The molecule has 0 bridgehead atoms. The normalized spacial score (nSPS) is 14.0. The van der Waals surface area contributed by atoms with Crippen molar-refractivity contribution < 1.29 is 14.6 Å². The molecule has 0 heterocycles. The van der Waals surface area contributed by atoms with E-state index >= 15 is 0 Å². The molecule has 2 rings (SSSR count). The molecule has 0 aliphatic carbocycles. The fraction of sp³-hybridized carbons (Fsp3) is 0.333. The van der Waals surface area contributed by atoms with Gasteiger partial charge in [-0.05, 0) is 11.1 Å². The second kappa shape index (κ2) is 8.66. The van der Waals surface area contributed by atoms with Crippen molar-refractivity contribution in [3.63, 3.8) is 0 Å². The Hall–Kier alpha value is -1.72. The second-order valence-corrected chi connectivity index (χ2v) is 5.05. The molecule has 0 radical (unpaired) electrons. The molecular weight excluding hydrogens is 278 g/mol. The first-order valence-corrected chi connectivity index (χ1v) is 7.33. The predicted molar refractivity (Wildman–Crippen MR) is 86.4 cm³/mol.